The van der Waals surface area contributed by atoms with Crippen LogP contribution in [-0.4, -0.2) is 65.0 Å². The Morgan fingerprint density at radius 1 is 1.36 bits per heavy atom. The number of benzene rings is 1. The number of phenols is 1. The maximum Gasteiger partial charge on any atom is 0.246 e. The number of carbonyl (C=O) groups excluding carboxylic acids is 1. The molecule has 2 aliphatic rings. The Bertz CT molecular complexity index is 754. The van der Waals surface area contributed by atoms with E-state index in [2.05, 4.69) is 29.0 Å². The predicted molar refractivity (Wildman–Crippen MR) is 112 cm³/mol. The first-order valence-corrected chi connectivity index (χ1v) is 10.2. The summed E-state index contributed by atoms with van der Waals surface area (Å²) >= 11 is 0. The maximum absolute atomic E-state index is 12.1. The normalized spacial score (nSPS) is 21.9. The number of aromatic hydroxyl groups is 1. The fourth-order valence-corrected chi connectivity index (χ4v) is 3.97. The van der Waals surface area contributed by atoms with Crippen molar-refractivity contribution in [3.63, 3.8) is 0 Å². The molecule has 152 valence electrons. The smallest absolute Gasteiger partial charge is 0.246 e. The van der Waals surface area contributed by atoms with Crippen LogP contribution in [0.4, 0.5) is 0 Å². The molecule has 2 aliphatic heterocycles. The summed E-state index contributed by atoms with van der Waals surface area (Å²) in [7, 11) is 0. The van der Waals surface area contributed by atoms with Gasteiger partial charge in [-0.05, 0) is 43.9 Å². The van der Waals surface area contributed by atoms with Gasteiger partial charge in [0.15, 0.2) is 5.96 Å². The maximum atomic E-state index is 12.1. The third kappa shape index (κ3) is 4.32. The van der Waals surface area contributed by atoms with Gasteiger partial charge in [-0.3, -0.25) is 9.79 Å². The molecule has 0 bridgehead atoms. The number of aliphatic imine (C=N–C) groups is 1. The SMILES string of the molecule is CC=C(C)C(=O)NCCN1C2=NCC(C(C)C)N2CC1Cc1ccc(O)cc1. The number of nitrogens with zero attached hydrogens (tertiary/aromatic N) is 3. The van der Waals surface area contributed by atoms with Gasteiger partial charge in [0.2, 0.25) is 5.91 Å². The van der Waals surface area contributed by atoms with Gasteiger partial charge in [-0.25, -0.2) is 0 Å². The van der Waals surface area contributed by atoms with Crippen LogP contribution < -0.4 is 5.32 Å². The molecule has 1 aromatic carbocycles. The number of fused-ring (bicyclic) bond motifs is 1. The van der Waals surface area contributed by atoms with Crippen LogP contribution in [0.25, 0.3) is 0 Å². The van der Waals surface area contributed by atoms with Crippen LogP contribution in [0, 0.1) is 5.92 Å². The van der Waals surface area contributed by atoms with E-state index in [4.69, 9.17) is 4.99 Å². The van der Waals surface area contributed by atoms with E-state index in [-0.39, 0.29) is 5.91 Å². The molecule has 1 aromatic rings. The molecule has 2 atom stereocenters. The molecule has 1 saturated heterocycles. The van der Waals surface area contributed by atoms with Crippen molar-refractivity contribution in [3.05, 3.63) is 41.5 Å². The van der Waals surface area contributed by atoms with Crippen molar-refractivity contribution in [2.24, 2.45) is 10.9 Å². The summed E-state index contributed by atoms with van der Waals surface area (Å²) in [6.45, 7) is 11.3. The van der Waals surface area contributed by atoms with E-state index in [9.17, 15) is 9.90 Å². The molecule has 6 nitrogen and oxygen atoms in total. The van der Waals surface area contributed by atoms with Gasteiger partial charge in [0.1, 0.15) is 5.75 Å². The lowest BCUT2D eigenvalue weighted by molar-refractivity contribution is -0.117. The van der Waals surface area contributed by atoms with Crippen molar-refractivity contribution in [2.45, 2.75) is 46.2 Å². The van der Waals surface area contributed by atoms with Crippen molar-refractivity contribution in [2.75, 3.05) is 26.2 Å². The number of nitrogens with one attached hydrogen (secondary N) is 1. The van der Waals surface area contributed by atoms with E-state index >= 15 is 0 Å². The van der Waals surface area contributed by atoms with Gasteiger partial charge in [0.05, 0.1) is 18.6 Å². The molecule has 0 radical (unpaired) electrons. The van der Waals surface area contributed by atoms with Gasteiger partial charge < -0.3 is 20.2 Å². The molecule has 0 spiro atoms. The molecule has 2 unspecified atom stereocenters. The summed E-state index contributed by atoms with van der Waals surface area (Å²) < 4.78 is 0. The quantitative estimate of drug-likeness (QED) is 0.709. The Morgan fingerprint density at radius 2 is 2.07 bits per heavy atom. The zero-order chi connectivity index (χ0) is 20.3. The minimum atomic E-state index is -0.0120. The average molecular weight is 385 g/mol. The fraction of sp³-hybridized carbons (Fsp3) is 0.545. The number of hydrogen-bond donors (Lipinski definition) is 2. The highest BCUT2D eigenvalue weighted by molar-refractivity contribution is 5.92. The Balaban J connectivity index is 1.70. The molecule has 2 N–H and O–H groups in total. The summed E-state index contributed by atoms with van der Waals surface area (Å²) in [5, 5.41) is 12.6. The largest absolute Gasteiger partial charge is 0.508 e. The molecule has 1 amide bonds. The fourth-order valence-electron chi connectivity index (χ4n) is 3.97. The zero-order valence-corrected chi connectivity index (χ0v) is 17.4. The van der Waals surface area contributed by atoms with Crippen LogP contribution in [0.15, 0.2) is 40.9 Å². The van der Waals surface area contributed by atoms with E-state index in [0.717, 1.165) is 37.6 Å². The molecule has 6 heteroatoms. The molecule has 28 heavy (non-hydrogen) atoms. The van der Waals surface area contributed by atoms with Crippen molar-refractivity contribution in [1.82, 2.24) is 15.1 Å². The molecule has 1 fully saturated rings. The first-order valence-electron chi connectivity index (χ1n) is 10.2. The van der Waals surface area contributed by atoms with E-state index in [0.29, 0.717) is 30.3 Å². The highest BCUT2D eigenvalue weighted by Crippen LogP contribution is 2.29. The summed E-state index contributed by atoms with van der Waals surface area (Å²) in [5.74, 6) is 1.90. The number of phenolic OH excluding ortho intramolecular Hbond substituents is 1. The van der Waals surface area contributed by atoms with Gasteiger partial charge in [-0.1, -0.05) is 32.1 Å². The zero-order valence-electron chi connectivity index (χ0n) is 17.4. The summed E-state index contributed by atoms with van der Waals surface area (Å²) in [6.07, 6.45) is 2.72. The number of amides is 1. The summed E-state index contributed by atoms with van der Waals surface area (Å²) in [6, 6.07) is 8.20. The lowest BCUT2D eigenvalue weighted by Gasteiger charge is -2.26. The first-order chi connectivity index (χ1) is 13.4. The van der Waals surface area contributed by atoms with Crippen LogP contribution in [0.5, 0.6) is 5.75 Å². The van der Waals surface area contributed by atoms with Crippen molar-refractivity contribution >= 4 is 11.9 Å². The van der Waals surface area contributed by atoms with Crippen LogP contribution in [0.3, 0.4) is 0 Å². The Morgan fingerprint density at radius 3 is 2.71 bits per heavy atom. The number of hydrogen-bond acceptors (Lipinski definition) is 5. The van der Waals surface area contributed by atoms with Gasteiger partial charge in [0, 0.05) is 25.2 Å². The second-order valence-corrected chi connectivity index (χ2v) is 8.05. The van der Waals surface area contributed by atoms with Crippen LogP contribution in [-0.2, 0) is 11.2 Å². The second-order valence-electron chi connectivity index (χ2n) is 8.05. The first kappa shape index (κ1) is 20.2. The second kappa shape index (κ2) is 8.67. The lowest BCUT2D eigenvalue weighted by atomic mass is 10.0. The van der Waals surface area contributed by atoms with Gasteiger partial charge >= 0.3 is 0 Å². The number of guanidine groups is 1. The standard InChI is InChI=1S/C22H32N4O2/c1-5-16(4)21(28)23-10-11-25-18(12-17-6-8-19(27)9-7-17)14-26-20(15(2)3)13-24-22(25)26/h5-9,15,18,20,27H,10-14H2,1-4H3,(H,23,28). The van der Waals surface area contributed by atoms with E-state index in [1.54, 1.807) is 12.1 Å². The molecule has 0 saturated carbocycles. The Kier molecular flexibility index (Phi) is 6.27. The van der Waals surface area contributed by atoms with Gasteiger partial charge in [0.25, 0.3) is 0 Å². The number of rotatable bonds is 7. The van der Waals surface area contributed by atoms with E-state index in [1.165, 1.54) is 5.56 Å². The Hall–Kier alpha value is -2.50. The highest BCUT2D eigenvalue weighted by Gasteiger charge is 2.42. The minimum Gasteiger partial charge on any atom is -0.508 e. The monoisotopic (exact) mass is 384 g/mol. The minimum absolute atomic E-state index is 0.0120. The van der Waals surface area contributed by atoms with Crippen LogP contribution >= 0.6 is 0 Å². The van der Waals surface area contributed by atoms with Crippen molar-refractivity contribution < 1.29 is 9.90 Å². The van der Waals surface area contributed by atoms with Gasteiger partial charge in [-0.15, -0.1) is 0 Å². The molecule has 2 heterocycles. The number of allylic oxidation sites excluding steroid dienone is 1. The van der Waals surface area contributed by atoms with Crippen molar-refractivity contribution in [3.8, 4) is 5.75 Å². The molecule has 0 aromatic heterocycles. The van der Waals surface area contributed by atoms with Crippen LogP contribution in [0.1, 0.15) is 33.3 Å². The lowest BCUT2D eigenvalue weighted by Crippen LogP contribution is -2.42. The number of carbonyl (C=O) groups is 1. The van der Waals surface area contributed by atoms with Gasteiger partial charge in [-0.2, -0.15) is 0 Å². The third-order valence-corrected chi connectivity index (χ3v) is 5.79. The van der Waals surface area contributed by atoms with Crippen LogP contribution in [0.2, 0.25) is 0 Å². The third-order valence-electron chi connectivity index (χ3n) is 5.79. The highest BCUT2D eigenvalue weighted by atomic mass is 16.3. The molecular weight excluding hydrogens is 352 g/mol. The predicted octanol–water partition coefficient (Wildman–Crippen LogP) is 2.40. The summed E-state index contributed by atoms with van der Waals surface area (Å²) in [5.41, 5.74) is 1.94. The molecule has 0 aliphatic carbocycles. The molecule has 3 rings (SSSR count). The van der Waals surface area contributed by atoms with E-state index < -0.39 is 0 Å². The summed E-state index contributed by atoms with van der Waals surface area (Å²) in [4.78, 5) is 21.7. The average Bonchev–Trinajstić information content (AvgIpc) is 3.22. The van der Waals surface area contributed by atoms with E-state index in [1.807, 2.05) is 32.1 Å². The Labute approximate surface area is 167 Å². The topological polar surface area (TPSA) is 68.2 Å². The molecular formula is C22H32N4O2. The van der Waals surface area contributed by atoms with Crippen molar-refractivity contribution in [1.29, 1.82) is 0 Å².